The number of likely N-dealkylation sites (N-methyl/N-ethyl adjacent to an activating group) is 1. The summed E-state index contributed by atoms with van der Waals surface area (Å²) in [5, 5.41) is 11.9. The van der Waals surface area contributed by atoms with Gasteiger partial charge < -0.3 is 19.9 Å². The van der Waals surface area contributed by atoms with E-state index < -0.39 is 12.0 Å². The van der Waals surface area contributed by atoms with Crippen LogP contribution in [0.4, 0.5) is 0 Å². The second-order valence-electron chi connectivity index (χ2n) is 5.12. The largest absolute Gasteiger partial charge is 0.496 e. The number of benzene rings is 2. The van der Waals surface area contributed by atoms with Crippen molar-refractivity contribution in [3.05, 3.63) is 48.0 Å². The van der Waals surface area contributed by atoms with E-state index in [1.807, 2.05) is 42.5 Å². The molecule has 0 fully saturated rings. The van der Waals surface area contributed by atoms with Gasteiger partial charge in [-0.05, 0) is 36.7 Å². The first-order valence-corrected chi connectivity index (χ1v) is 7.31. The Bertz CT molecular complexity index is 645. The topological polar surface area (TPSA) is 67.8 Å². The van der Waals surface area contributed by atoms with Gasteiger partial charge in [-0.1, -0.05) is 30.3 Å². The van der Waals surface area contributed by atoms with Gasteiger partial charge in [-0.15, -0.1) is 0 Å². The molecule has 0 aliphatic rings. The fourth-order valence-corrected chi connectivity index (χ4v) is 2.49. The summed E-state index contributed by atoms with van der Waals surface area (Å²) in [6.45, 7) is 0. The normalized spacial score (nSPS) is 11.8. The third-order valence-electron chi connectivity index (χ3n) is 3.76. The molecule has 5 nitrogen and oxygen atoms in total. The van der Waals surface area contributed by atoms with Gasteiger partial charge in [0.25, 0.3) is 0 Å². The van der Waals surface area contributed by atoms with Crippen LogP contribution < -0.4 is 14.8 Å². The van der Waals surface area contributed by atoms with Crippen molar-refractivity contribution in [3.63, 3.8) is 0 Å². The van der Waals surface area contributed by atoms with Crippen LogP contribution in [0.5, 0.6) is 11.5 Å². The summed E-state index contributed by atoms with van der Waals surface area (Å²) in [4.78, 5) is 11.1. The van der Waals surface area contributed by atoms with Crippen LogP contribution in [0.1, 0.15) is 5.56 Å². The standard InChI is InChI=1S/C18H21NO4/c1-19-14(18(20)21)11-12-7-9-13(10-8-12)17-15(22-2)5-4-6-16(17)23-3/h4-10,14,19H,11H2,1-3H3,(H,20,21)/t14-/m0/s1. The summed E-state index contributed by atoms with van der Waals surface area (Å²) in [5.74, 6) is 0.606. The van der Waals surface area contributed by atoms with Crippen LogP contribution in [0.25, 0.3) is 11.1 Å². The number of hydrogen-bond acceptors (Lipinski definition) is 4. The second kappa shape index (κ2) is 7.65. The molecular weight excluding hydrogens is 294 g/mol. The van der Waals surface area contributed by atoms with E-state index in [1.54, 1.807) is 21.3 Å². The van der Waals surface area contributed by atoms with Crippen molar-refractivity contribution in [3.8, 4) is 22.6 Å². The number of hydrogen-bond donors (Lipinski definition) is 2. The molecule has 1 atom stereocenters. The van der Waals surface area contributed by atoms with Crippen LogP contribution in [0.15, 0.2) is 42.5 Å². The molecule has 0 aliphatic carbocycles. The maximum absolute atomic E-state index is 11.1. The Labute approximate surface area is 135 Å². The zero-order valence-corrected chi connectivity index (χ0v) is 13.5. The lowest BCUT2D eigenvalue weighted by atomic mass is 9.99. The minimum Gasteiger partial charge on any atom is -0.496 e. The molecule has 0 aliphatic heterocycles. The van der Waals surface area contributed by atoms with Gasteiger partial charge in [0.15, 0.2) is 0 Å². The Morgan fingerprint density at radius 3 is 2.09 bits per heavy atom. The molecule has 0 unspecified atom stereocenters. The Kier molecular flexibility index (Phi) is 5.60. The van der Waals surface area contributed by atoms with Crippen molar-refractivity contribution in [2.24, 2.45) is 0 Å². The predicted molar refractivity (Wildman–Crippen MR) is 89.2 cm³/mol. The van der Waals surface area contributed by atoms with Crippen molar-refractivity contribution in [2.75, 3.05) is 21.3 Å². The average molecular weight is 315 g/mol. The number of nitrogens with one attached hydrogen (secondary N) is 1. The van der Waals surface area contributed by atoms with Crippen LogP contribution in [0, 0.1) is 0 Å². The lowest BCUT2D eigenvalue weighted by molar-refractivity contribution is -0.139. The first kappa shape index (κ1) is 16.8. The fraction of sp³-hybridized carbons (Fsp3) is 0.278. The summed E-state index contributed by atoms with van der Waals surface area (Å²) in [5.41, 5.74) is 2.79. The molecule has 0 radical (unpaired) electrons. The maximum Gasteiger partial charge on any atom is 0.321 e. The van der Waals surface area contributed by atoms with Crippen molar-refractivity contribution >= 4 is 5.97 Å². The van der Waals surface area contributed by atoms with Crippen molar-refractivity contribution in [1.29, 1.82) is 0 Å². The van der Waals surface area contributed by atoms with Crippen LogP contribution in [0.3, 0.4) is 0 Å². The molecule has 2 aromatic carbocycles. The predicted octanol–water partition coefficient (Wildman–Crippen LogP) is 2.59. The number of carbonyl (C=O) groups is 1. The van der Waals surface area contributed by atoms with Gasteiger partial charge in [0.2, 0.25) is 0 Å². The van der Waals surface area contributed by atoms with E-state index in [-0.39, 0.29) is 0 Å². The number of aliphatic carboxylic acids is 1. The zero-order chi connectivity index (χ0) is 16.8. The first-order chi connectivity index (χ1) is 11.1. The van der Waals surface area contributed by atoms with Gasteiger partial charge in [-0.25, -0.2) is 0 Å². The smallest absolute Gasteiger partial charge is 0.321 e. The molecule has 0 saturated heterocycles. The van der Waals surface area contributed by atoms with Gasteiger partial charge in [0.1, 0.15) is 17.5 Å². The highest BCUT2D eigenvalue weighted by Gasteiger charge is 2.16. The number of rotatable bonds is 7. The van der Waals surface area contributed by atoms with E-state index in [9.17, 15) is 4.79 Å². The van der Waals surface area contributed by atoms with E-state index in [0.717, 1.165) is 28.2 Å². The van der Waals surface area contributed by atoms with Gasteiger partial charge >= 0.3 is 5.97 Å². The van der Waals surface area contributed by atoms with Gasteiger partial charge in [-0.3, -0.25) is 4.79 Å². The number of ether oxygens (including phenoxy) is 2. The molecule has 23 heavy (non-hydrogen) atoms. The van der Waals surface area contributed by atoms with E-state index in [0.29, 0.717) is 6.42 Å². The van der Waals surface area contributed by atoms with Crippen molar-refractivity contribution in [2.45, 2.75) is 12.5 Å². The fourth-order valence-electron chi connectivity index (χ4n) is 2.49. The first-order valence-electron chi connectivity index (χ1n) is 7.31. The van der Waals surface area contributed by atoms with E-state index in [2.05, 4.69) is 5.32 Å². The molecule has 0 spiro atoms. The van der Waals surface area contributed by atoms with E-state index >= 15 is 0 Å². The number of methoxy groups -OCH3 is 2. The Morgan fingerprint density at radius 1 is 1.09 bits per heavy atom. The Balaban J connectivity index is 2.32. The van der Waals surface area contributed by atoms with Crippen LogP contribution in [-0.4, -0.2) is 38.4 Å². The summed E-state index contributed by atoms with van der Waals surface area (Å²) in [6.07, 6.45) is 0.426. The molecule has 2 N–H and O–H groups in total. The molecule has 2 rings (SSSR count). The van der Waals surface area contributed by atoms with Crippen LogP contribution >= 0.6 is 0 Å². The molecule has 122 valence electrons. The molecule has 0 amide bonds. The van der Waals surface area contributed by atoms with Crippen molar-refractivity contribution < 1.29 is 19.4 Å². The van der Waals surface area contributed by atoms with Gasteiger partial charge in [0, 0.05) is 0 Å². The van der Waals surface area contributed by atoms with Gasteiger partial charge in [0.05, 0.1) is 19.8 Å². The number of carboxylic acids is 1. The maximum atomic E-state index is 11.1. The Hall–Kier alpha value is -2.53. The average Bonchev–Trinajstić information content (AvgIpc) is 2.59. The summed E-state index contributed by atoms with van der Waals surface area (Å²) in [6, 6.07) is 12.8. The molecule has 0 bridgehead atoms. The van der Waals surface area contributed by atoms with Gasteiger partial charge in [-0.2, -0.15) is 0 Å². The minimum atomic E-state index is -0.858. The lowest BCUT2D eigenvalue weighted by Gasteiger charge is -2.14. The monoisotopic (exact) mass is 315 g/mol. The molecule has 0 aromatic heterocycles. The highest BCUT2D eigenvalue weighted by atomic mass is 16.5. The highest BCUT2D eigenvalue weighted by Crippen LogP contribution is 2.38. The zero-order valence-electron chi connectivity index (χ0n) is 13.5. The lowest BCUT2D eigenvalue weighted by Crippen LogP contribution is -2.35. The molecule has 0 heterocycles. The number of carboxylic acid groups (broad SMARTS) is 1. The molecular formula is C18H21NO4. The van der Waals surface area contributed by atoms with Crippen LogP contribution in [0.2, 0.25) is 0 Å². The summed E-state index contributed by atoms with van der Waals surface area (Å²) in [7, 11) is 4.89. The quantitative estimate of drug-likeness (QED) is 0.822. The van der Waals surface area contributed by atoms with E-state index in [1.165, 1.54) is 0 Å². The SMILES string of the molecule is CN[C@@H](Cc1ccc(-c2c(OC)cccc2OC)cc1)C(=O)O. The Morgan fingerprint density at radius 2 is 1.65 bits per heavy atom. The van der Waals surface area contributed by atoms with E-state index in [4.69, 9.17) is 14.6 Å². The third-order valence-corrected chi connectivity index (χ3v) is 3.76. The second-order valence-corrected chi connectivity index (χ2v) is 5.12. The molecule has 2 aromatic rings. The van der Waals surface area contributed by atoms with Crippen molar-refractivity contribution in [1.82, 2.24) is 5.32 Å². The minimum absolute atomic E-state index is 0.426. The van der Waals surface area contributed by atoms with Crippen LogP contribution in [-0.2, 0) is 11.2 Å². The summed E-state index contributed by atoms with van der Waals surface area (Å²) >= 11 is 0. The third kappa shape index (κ3) is 3.81. The molecule has 0 saturated carbocycles. The molecule has 5 heteroatoms. The summed E-state index contributed by atoms with van der Waals surface area (Å²) < 4.78 is 10.8. The highest BCUT2D eigenvalue weighted by molar-refractivity contribution is 5.77.